The number of likely N-dealkylation sites (tertiary alicyclic amines) is 1. The van der Waals surface area contributed by atoms with Crippen LogP contribution in [0.1, 0.15) is 25.3 Å². The largest absolute Gasteiger partial charge is 0.497 e. The molecule has 2 unspecified atom stereocenters. The van der Waals surface area contributed by atoms with E-state index in [2.05, 4.69) is 12.2 Å². The molecule has 0 aromatic heterocycles. The van der Waals surface area contributed by atoms with Crippen LogP contribution in [0.2, 0.25) is 0 Å². The van der Waals surface area contributed by atoms with E-state index in [-0.39, 0.29) is 5.91 Å². The maximum absolute atomic E-state index is 12.5. The minimum atomic E-state index is 0.219. The molecule has 116 valence electrons. The van der Waals surface area contributed by atoms with Gasteiger partial charge in [-0.25, -0.2) is 0 Å². The molecule has 1 saturated heterocycles. The van der Waals surface area contributed by atoms with Crippen molar-refractivity contribution < 1.29 is 9.53 Å². The zero-order chi connectivity index (χ0) is 15.2. The summed E-state index contributed by atoms with van der Waals surface area (Å²) in [6.45, 7) is 3.92. The predicted molar refractivity (Wildman–Crippen MR) is 84.5 cm³/mol. The number of methoxy groups -OCH3 is 1. The van der Waals surface area contributed by atoms with Crippen LogP contribution < -0.4 is 10.1 Å². The van der Waals surface area contributed by atoms with Crippen LogP contribution in [0.15, 0.2) is 24.3 Å². The van der Waals surface area contributed by atoms with Crippen LogP contribution >= 0.6 is 0 Å². The zero-order valence-corrected chi connectivity index (χ0v) is 13.3. The van der Waals surface area contributed by atoms with E-state index in [1.165, 1.54) is 0 Å². The van der Waals surface area contributed by atoms with Crippen LogP contribution in [-0.2, 0) is 11.2 Å². The number of benzene rings is 1. The lowest BCUT2D eigenvalue weighted by atomic mass is 9.90. The quantitative estimate of drug-likeness (QED) is 0.903. The number of carbonyl (C=O) groups is 1. The van der Waals surface area contributed by atoms with Gasteiger partial charge >= 0.3 is 0 Å². The molecule has 0 aliphatic carbocycles. The molecule has 2 atom stereocenters. The van der Waals surface area contributed by atoms with E-state index in [9.17, 15) is 4.79 Å². The van der Waals surface area contributed by atoms with Crippen molar-refractivity contribution in [2.45, 2.75) is 32.2 Å². The Morgan fingerprint density at radius 3 is 2.95 bits per heavy atom. The van der Waals surface area contributed by atoms with Crippen molar-refractivity contribution in [3.8, 4) is 5.75 Å². The Labute approximate surface area is 127 Å². The van der Waals surface area contributed by atoms with Crippen molar-refractivity contribution in [1.29, 1.82) is 0 Å². The Kier molecular flexibility index (Phi) is 5.62. The molecular weight excluding hydrogens is 264 g/mol. The van der Waals surface area contributed by atoms with Gasteiger partial charge in [0.2, 0.25) is 5.91 Å². The fraction of sp³-hybridized carbons (Fsp3) is 0.588. The molecule has 1 heterocycles. The highest BCUT2D eigenvalue weighted by atomic mass is 16.5. The van der Waals surface area contributed by atoms with Crippen molar-refractivity contribution >= 4 is 5.91 Å². The first-order valence-electron chi connectivity index (χ1n) is 7.75. The molecular formula is C17H26N2O2. The van der Waals surface area contributed by atoms with Crippen molar-refractivity contribution in [3.05, 3.63) is 29.8 Å². The standard InChI is InChI=1S/C17H26N2O2/c1-4-14-12-19(9-8-16(14)18-2)17(20)11-13-6-5-7-15(10-13)21-3/h5-7,10,14,16,18H,4,8-9,11-12H2,1-3H3. The summed E-state index contributed by atoms with van der Waals surface area (Å²) in [4.78, 5) is 14.5. The summed E-state index contributed by atoms with van der Waals surface area (Å²) in [6, 6.07) is 8.30. The maximum atomic E-state index is 12.5. The Morgan fingerprint density at radius 1 is 1.48 bits per heavy atom. The van der Waals surface area contributed by atoms with Gasteiger partial charge in [-0.3, -0.25) is 4.79 Å². The number of nitrogens with one attached hydrogen (secondary N) is 1. The van der Waals surface area contributed by atoms with Gasteiger partial charge in [-0.15, -0.1) is 0 Å². The topological polar surface area (TPSA) is 41.6 Å². The lowest BCUT2D eigenvalue weighted by Gasteiger charge is -2.38. The van der Waals surface area contributed by atoms with Gasteiger partial charge in [-0.1, -0.05) is 25.5 Å². The Hall–Kier alpha value is -1.55. The van der Waals surface area contributed by atoms with Crippen molar-refractivity contribution in [2.24, 2.45) is 5.92 Å². The van der Waals surface area contributed by atoms with E-state index in [1.54, 1.807) is 7.11 Å². The molecule has 1 aliphatic heterocycles. The molecule has 2 rings (SSSR count). The summed E-state index contributed by atoms with van der Waals surface area (Å²) in [7, 11) is 3.66. The number of rotatable bonds is 5. The van der Waals surface area contributed by atoms with Crippen LogP contribution in [-0.4, -0.2) is 44.1 Å². The van der Waals surface area contributed by atoms with E-state index < -0.39 is 0 Å². The SMILES string of the molecule is CCC1CN(C(=O)Cc2cccc(OC)c2)CCC1NC. The second-order valence-corrected chi connectivity index (χ2v) is 5.72. The minimum Gasteiger partial charge on any atom is -0.497 e. The van der Waals surface area contributed by atoms with Gasteiger partial charge in [0.15, 0.2) is 0 Å². The van der Waals surface area contributed by atoms with Gasteiger partial charge in [-0.2, -0.15) is 0 Å². The lowest BCUT2D eigenvalue weighted by molar-refractivity contribution is -0.132. The van der Waals surface area contributed by atoms with E-state index in [4.69, 9.17) is 4.74 Å². The molecule has 1 aromatic carbocycles. The number of piperidine rings is 1. The zero-order valence-electron chi connectivity index (χ0n) is 13.3. The molecule has 4 nitrogen and oxygen atoms in total. The van der Waals surface area contributed by atoms with E-state index in [0.29, 0.717) is 18.4 Å². The van der Waals surface area contributed by atoms with Crippen LogP contribution in [0, 0.1) is 5.92 Å². The average Bonchev–Trinajstić information content (AvgIpc) is 2.54. The monoisotopic (exact) mass is 290 g/mol. The molecule has 0 spiro atoms. The van der Waals surface area contributed by atoms with Gasteiger partial charge < -0.3 is 15.0 Å². The third-order valence-corrected chi connectivity index (χ3v) is 4.47. The van der Waals surface area contributed by atoms with Crippen LogP contribution in [0.5, 0.6) is 5.75 Å². The van der Waals surface area contributed by atoms with E-state index in [1.807, 2.05) is 36.2 Å². The average molecular weight is 290 g/mol. The number of hydrogen-bond donors (Lipinski definition) is 1. The Bertz CT molecular complexity index is 476. The van der Waals surface area contributed by atoms with Crippen molar-refractivity contribution in [3.63, 3.8) is 0 Å². The summed E-state index contributed by atoms with van der Waals surface area (Å²) < 4.78 is 5.21. The van der Waals surface area contributed by atoms with E-state index >= 15 is 0 Å². The number of nitrogens with zero attached hydrogens (tertiary/aromatic N) is 1. The number of ether oxygens (including phenoxy) is 1. The van der Waals surface area contributed by atoms with Crippen molar-refractivity contribution in [1.82, 2.24) is 10.2 Å². The number of hydrogen-bond acceptors (Lipinski definition) is 3. The summed E-state index contributed by atoms with van der Waals surface area (Å²) in [6.07, 6.45) is 2.60. The Morgan fingerprint density at radius 2 is 2.29 bits per heavy atom. The van der Waals surface area contributed by atoms with Crippen LogP contribution in [0.4, 0.5) is 0 Å². The van der Waals surface area contributed by atoms with Gasteiger partial charge in [0.05, 0.1) is 13.5 Å². The second-order valence-electron chi connectivity index (χ2n) is 5.72. The molecule has 0 radical (unpaired) electrons. The lowest BCUT2D eigenvalue weighted by Crippen LogP contribution is -2.50. The third kappa shape index (κ3) is 3.97. The van der Waals surface area contributed by atoms with Gasteiger partial charge in [0.25, 0.3) is 0 Å². The third-order valence-electron chi connectivity index (χ3n) is 4.47. The summed E-state index contributed by atoms with van der Waals surface area (Å²) >= 11 is 0. The second kappa shape index (κ2) is 7.46. The summed E-state index contributed by atoms with van der Waals surface area (Å²) in [5, 5.41) is 3.37. The summed E-state index contributed by atoms with van der Waals surface area (Å²) in [5.41, 5.74) is 1.02. The fourth-order valence-corrected chi connectivity index (χ4v) is 3.12. The molecule has 0 saturated carbocycles. The maximum Gasteiger partial charge on any atom is 0.227 e. The molecule has 4 heteroatoms. The fourth-order valence-electron chi connectivity index (χ4n) is 3.12. The Balaban J connectivity index is 1.97. The van der Waals surface area contributed by atoms with Crippen molar-refractivity contribution in [2.75, 3.05) is 27.2 Å². The first kappa shape index (κ1) is 15.8. The molecule has 0 bridgehead atoms. The number of amides is 1. The first-order chi connectivity index (χ1) is 10.2. The molecule has 1 aromatic rings. The van der Waals surface area contributed by atoms with E-state index in [0.717, 1.165) is 37.2 Å². The first-order valence-corrected chi connectivity index (χ1v) is 7.75. The summed E-state index contributed by atoms with van der Waals surface area (Å²) in [5.74, 6) is 1.58. The molecule has 1 amide bonds. The predicted octanol–water partition coefficient (Wildman–Crippen LogP) is 2.08. The minimum absolute atomic E-state index is 0.219. The highest BCUT2D eigenvalue weighted by Gasteiger charge is 2.29. The number of carbonyl (C=O) groups excluding carboxylic acids is 1. The normalized spacial score (nSPS) is 22.1. The van der Waals surface area contributed by atoms with Gasteiger partial charge in [-0.05, 0) is 37.1 Å². The highest BCUT2D eigenvalue weighted by Crippen LogP contribution is 2.21. The highest BCUT2D eigenvalue weighted by molar-refractivity contribution is 5.79. The van der Waals surface area contributed by atoms with Gasteiger partial charge in [0, 0.05) is 19.1 Å². The van der Waals surface area contributed by atoms with Gasteiger partial charge in [0.1, 0.15) is 5.75 Å². The van der Waals surface area contributed by atoms with Crippen LogP contribution in [0.3, 0.4) is 0 Å². The smallest absolute Gasteiger partial charge is 0.227 e. The van der Waals surface area contributed by atoms with Crippen LogP contribution in [0.25, 0.3) is 0 Å². The molecule has 1 fully saturated rings. The molecule has 1 aliphatic rings. The molecule has 21 heavy (non-hydrogen) atoms. The molecule has 1 N–H and O–H groups in total.